The topological polar surface area (TPSA) is 70.4 Å². The Morgan fingerprint density at radius 2 is 2.09 bits per heavy atom. The molecule has 3 rings (SSSR count). The fourth-order valence-electron chi connectivity index (χ4n) is 2.68. The number of hydrogen-bond acceptors (Lipinski definition) is 3. The fraction of sp³-hybridized carbons (Fsp3) is 0.375. The van der Waals surface area contributed by atoms with Gasteiger partial charge in [-0.05, 0) is 30.9 Å². The number of para-hydroxylation sites is 1. The van der Waals surface area contributed by atoms with Crippen molar-refractivity contribution in [1.82, 2.24) is 14.7 Å². The number of amides is 2. The summed E-state index contributed by atoms with van der Waals surface area (Å²) in [6.45, 7) is 1.52. The molecule has 0 spiro atoms. The second-order valence-electron chi connectivity index (χ2n) is 5.67. The molecule has 122 valence electrons. The van der Waals surface area contributed by atoms with Gasteiger partial charge in [-0.25, -0.2) is 9.48 Å². The van der Waals surface area contributed by atoms with Crippen molar-refractivity contribution in [2.75, 3.05) is 25.0 Å². The van der Waals surface area contributed by atoms with Crippen molar-refractivity contribution in [3.05, 3.63) is 41.7 Å². The van der Waals surface area contributed by atoms with Crippen molar-refractivity contribution < 1.29 is 9.90 Å². The molecule has 1 aromatic heterocycles. The Kier molecular flexibility index (Phi) is 4.83. The first-order valence-electron chi connectivity index (χ1n) is 7.63. The summed E-state index contributed by atoms with van der Waals surface area (Å²) in [5.41, 5.74) is 1.39. The molecule has 7 heteroatoms. The number of rotatable bonds is 3. The van der Waals surface area contributed by atoms with Gasteiger partial charge in [0.1, 0.15) is 0 Å². The highest BCUT2D eigenvalue weighted by atomic mass is 35.5. The maximum Gasteiger partial charge on any atom is 0.321 e. The van der Waals surface area contributed by atoms with Crippen LogP contribution in [-0.2, 0) is 0 Å². The van der Waals surface area contributed by atoms with Gasteiger partial charge in [0.05, 0.1) is 28.8 Å². The van der Waals surface area contributed by atoms with E-state index < -0.39 is 0 Å². The molecule has 2 amide bonds. The molecule has 2 N–H and O–H groups in total. The second-order valence-corrected chi connectivity index (χ2v) is 6.08. The maximum absolute atomic E-state index is 12.3. The number of halogens is 1. The molecule has 0 atom stereocenters. The average molecular weight is 335 g/mol. The predicted octanol–water partition coefficient (Wildman–Crippen LogP) is 2.76. The number of nitrogens with zero attached hydrogens (tertiary/aromatic N) is 3. The number of anilines is 1. The van der Waals surface area contributed by atoms with Crippen LogP contribution in [0.2, 0.25) is 5.02 Å². The Hall–Kier alpha value is -2.05. The number of hydrogen-bond donors (Lipinski definition) is 2. The minimum atomic E-state index is -0.139. The van der Waals surface area contributed by atoms with Gasteiger partial charge in [0.15, 0.2) is 0 Å². The molecule has 1 fully saturated rings. The Morgan fingerprint density at radius 1 is 1.35 bits per heavy atom. The highest BCUT2D eigenvalue weighted by molar-refractivity contribution is 6.32. The minimum Gasteiger partial charge on any atom is -0.396 e. The first-order chi connectivity index (χ1) is 11.2. The smallest absolute Gasteiger partial charge is 0.321 e. The zero-order chi connectivity index (χ0) is 16.2. The lowest BCUT2D eigenvalue weighted by molar-refractivity contribution is 0.143. The summed E-state index contributed by atoms with van der Waals surface area (Å²) in [5, 5.41) is 16.8. The van der Waals surface area contributed by atoms with Gasteiger partial charge in [0.2, 0.25) is 0 Å². The number of piperidine rings is 1. The van der Waals surface area contributed by atoms with E-state index in [1.807, 2.05) is 18.2 Å². The zero-order valence-corrected chi connectivity index (χ0v) is 13.4. The van der Waals surface area contributed by atoms with Gasteiger partial charge >= 0.3 is 6.03 Å². The lowest BCUT2D eigenvalue weighted by atomic mass is 9.98. The molecule has 0 aliphatic carbocycles. The Bertz CT molecular complexity index is 680. The molecule has 23 heavy (non-hydrogen) atoms. The van der Waals surface area contributed by atoms with Crippen molar-refractivity contribution in [3.8, 4) is 5.69 Å². The maximum atomic E-state index is 12.3. The second kappa shape index (κ2) is 7.02. The van der Waals surface area contributed by atoms with Crippen LogP contribution in [0.4, 0.5) is 10.5 Å². The standard InChI is InChI=1S/C16H19ClN4O2/c17-14-3-1-2-4-15(14)21-10-13(9-18-21)19-16(23)20-7-5-12(11-22)6-8-20/h1-4,9-10,12,22H,5-8,11H2,(H,19,23). The van der Waals surface area contributed by atoms with Crippen LogP contribution in [0.1, 0.15) is 12.8 Å². The van der Waals surface area contributed by atoms with Crippen LogP contribution in [0.3, 0.4) is 0 Å². The largest absolute Gasteiger partial charge is 0.396 e. The van der Waals surface area contributed by atoms with Gasteiger partial charge in [-0.2, -0.15) is 5.10 Å². The summed E-state index contributed by atoms with van der Waals surface area (Å²) < 4.78 is 1.63. The summed E-state index contributed by atoms with van der Waals surface area (Å²) in [5.74, 6) is 0.307. The molecule has 2 aromatic rings. The third-order valence-corrected chi connectivity index (χ3v) is 4.41. The van der Waals surface area contributed by atoms with E-state index >= 15 is 0 Å². The van der Waals surface area contributed by atoms with E-state index in [1.54, 1.807) is 28.0 Å². The average Bonchev–Trinajstić information content (AvgIpc) is 3.03. The molecule has 1 aromatic carbocycles. The van der Waals surface area contributed by atoms with Gasteiger partial charge < -0.3 is 15.3 Å². The summed E-state index contributed by atoms with van der Waals surface area (Å²) in [6, 6.07) is 7.25. The number of nitrogens with one attached hydrogen (secondary N) is 1. The van der Waals surface area contributed by atoms with E-state index in [2.05, 4.69) is 10.4 Å². The third-order valence-electron chi connectivity index (χ3n) is 4.09. The van der Waals surface area contributed by atoms with Crippen molar-refractivity contribution in [1.29, 1.82) is 0 Å². The number of aliphatic hydroxyl groups excluding tert-OH is 1. The van der Waals surface area contributed by atoms with E-state index in [1.165, 1.54) is 0 Å². The first-order valence-corrected chi connectivity index (χ1v) is 8.01. The quantitative estimate of drug-likeness (QED) is 0.906. The number of urea groups is 1. The van der Waals surface area contributed by atoms with E-state index in [4.69, 9.17) is 16.7 Å². The van der Waals surface area contributed by atoms with E-state index in [-0.39, 0.29) is 12.6 Å². The molecule has 0 unspecified atom stereocenters. The Morgan fingerprint density at radius 3 is 2.78 bits per heavy atom. The number of aliphatic hydroxyl groups is 1. The number of likely N-dealkylation sites (tertiary alicyclic amines) is 1. The summed E-state index contributed by atoms with van der Waals surface area (Å²) in [4.78, 5) is 14.0. The molecule has 1 aliphatic heterocycles. The monoisotopic (exact) mass is 334 g/mol. The van der Waals surface area contributed by atoms with Gasteiger partial charge in [0.25, 0.3) is 0 Å². The summed E-state index contributed by atoms with van der Waals surface area (Å²) >= 11 is 6.15. The third kappa shape index (κ3) is 3.65. The molecule has 0 bridgehead atoms. The lowest BCUT2D eigenvalue weighted by Gasteiger charge is -2.30. The Labute approximate surface area is 139 Å². The highest BCUT2D eigenvalue weighted by Crippen LogP contribution is 2.21. The van der Waals surface area contributed by atoms with Crippen LogP contribution in [0.15, 0.2) is 36.7 Å². The Balaban J connectivity index is 1.63. The van der Waals surface area contributed by atoms with Crippen LogP contribution in [-0.4, -0.2) is 45.5 Å². The number of carbonyl (C=O) groups is 1. The molecule has 6 nitrogen and oxygen atoms in total. The highest BCUT2D eigenvalue weighted by Gasteiger charge is 2.22. The van der Waals surface area contributed by atoms with Crippen LogP contribution in [0.25, 0.3) is 5.69 Å². The van der Waals surface area contributed by atoms with Crippen molar-refractivity contribution >= 4 is 23.3 Å². The SMILES string of the molecule is O=C(Nc1cnn(-c2ccccc2Cl)c1)N1CCC(CO)CC1. The molecule has 2 heterocycles. The van der Waals surface area contributed by atoms with Crippen LogP contribution in [0.5, 0.6) is 0 Å². The molecular weight excluding hydrogens is 316 g/mol. The normalized spacial score (nSPS) is 15.7. The first kappa shape index (κ1) is 15.8. The van der Waals surface area contributed by atoms with Gasteiger partial charge in [-0.15, -0.1) is 0 Å². The van der Waals surface area contributed by atoms with E-state index in [0.29, 0.717) is 29.7 Å². The van der Waals surface area contributed by atoms with Crippen LogP contribution >= 0.6 is 11.6 Å². The van der Waals surface area contributed by atoms with Crippen molar-refractivity contribution in [2.24, 2.45) is 5.92 Å². The molecular formula is C16H19ClN4O2. The molecule has 0 saturated carbocycles. The number of benzene rings is 1. The van der Waals surface area contributed by atoms with Crippen molar-refractivity contribution in [2.45, 2.75) is 12.8 Å². The minimum absolute atomic E-state index is 0.139. The van der Waals surface area contributed by atoms with Crippen molar-refractivity contribution in [3.63, 3.8) is 0 Å². The van der Waals surface area contributed by atoms with Crippen LogP contribution < -0.4 is 5.32 Å². The summed E-state index contributed by atoms with van der Waals surface area (Å²) in [7, 11) is 0. The number of carbonyl (C=O) groups excluding carboxylic acids is 1. The van der Waals surface area contributed by atoms with Gasteiger partial charge in [0, 0.05) is 19.7 Å². The molecule has 0 radical (unpaired) electrons. The van der Waals surface area contributed by atoms with E-state index in [0.717, 1.165) is 18.5 Å². The van der Waals surface area contributed by atoms with Gasteiger partial charge in [-0.3, -0.25) is 0 Å². The van der Waals surface area contributed by atoms with Crippen LogP contribution in [0, 0.1) is 5.92 Å². The molecule has 1 aliphatic rings. The zero-order valence-electron chi connectivity index (χ0n) is 12.7. The van der Waals surface area contributed by atoms with E-state index in [9.17, 15) is 4.79 Å². The molecule has 1 saturated heterocycles. The number of aromatic nitrogens is 2. The fourth-order valence-corrected chi connectivity index (χ4v) is 2.90. The summed E-state index contributed by atoms with van der Waals surface area (Å²) in [6.07, 6.45) is 5.01. The van der Waals surface area contributed by atoms with Gasteiger partial charge in [-0.1, -0.05) is 23.7 Å². The predicted molar refractivity (Wildman–Crippen MR) is 89.0 cm³/mol. The lowest BCUT2D eigenvalue weighted by Crippen LogP contribution is -2.41.